The van der Waals surface area contributed by atoms with E-state index in [9.17, 15) is 9.59 Å². The highest BCUT2D eigenvalue weighted by molar-refractivity contribution is 7.80. The molecule has 4 aromatic rings. The van der Waals surface area contributed by atoms with Gasteiger partial charge in [0.25, 0.3) is 11.8 Å². The quantitative estimate of drug-likeness (QED) is 0.305. The summed E-state index contributed by atoms with van der Waals surface area (Å²) in [6.07, 6.45) is 0.712. The molecule has 5 rings (SSSR count). The van der Waals surface area contributed by atoms with Crippen LogP contribution in [0, 0.1) is 0 Å². The van der Waals surface area contributed by atoms with Gasteiger partial charge >= 0.3 is 0 Å². The van der Waals surface area contributed by atoms with Gasteiger partial charge in [0, 0.05) is 23.4 Å². The molecule has 1 atom stereocenters. The highest BCUT2D eigenvalue weighted by Crippen LogP contribution is 2.37. The van der Waals surface area contributed by atoms with E-state index in [1.807, 2.05) is 59.5 Å². The highest BCUT2D eigenvalue weighted by atomic mass is 32.1. The molecule has 0 bridgehead atoms. The first-order chi connectivity index (χ1) is 19.0. The van der Waals surface area contributed by atoms with Crippen molar-refractivity contribution in [1.82, 2.24) is 16.0 Å². The van der Waals surface area contributed by atoms with Crippen LogP contribution in [-0.2, 0) is 6.42 Å². The molecule has 0 aliphatic carbocycles. The van der Waals surface area contributed by atoms with Gasteiger partial charge in [-0.05, 0) is 77.9 Å². The lowest BCUT2D eigenvalue weighted by molar-refractivity contribution is 0.0968. The van der Waals surface area contributed by atoms with Crippen LogP contribution in [0.5, 0.6) is 0 Å². The van der Waals surface area contributed by atoms with Crippen molar-refractivity contribution in [2.45, 2.75) is 12.5 Å². The van der Waals surface area contributed by atoms with Crippen molar-refractivity contribution < 1.29 is 9.59 Å². The van der Waals surface area contributed by atoms with E-state index in [2.05, 4.69) is 34.1 Å². The smallest absolute Gasteiger partial charge is 0.257 e. The van der Waals surface area contributed by atoms with Crippen LogP contribution < -0.4 is 20.9 Å². The topological polar surface area (TPSA) is 73.5 Å². The van der Waals surface area contributed by atoms with Crippen molar-refractivity contribution in [1.29, 1.82) is 0 Å². The molecule has 0 spiro atoms. The second-order valence-corrected chi connectivity index (χ2v) is 9.84. The number of benzene rings is 4. The molecule has 3 N–H and O–H groups in total. The maximum absolute atomic E-state index is 13.1. The van der Waals surface area contributed by atoms with Gasteiger partial charge in [-0.1, -0.05) is 78.9 Å². The molecule has 0 fully saturated rings. The zero-order valence-electron chi connectivity index (χ0n) is 21.0. The lowest BCUT2D eigenvalue weighted by atomic mass is 9.97. The number of hydrogen-bond donors (Lipinski definition) is 3. The van der Waals surface area contributed by atoms with Crippen molar-refractivity contribution in [3.05, 3.63) is 137 Å². The summed E-state index contributed by atoms with van der Waals surface area (Å²) in [5, 5.41) is 9.37. The van der Waals surface area contributed by atoms with Crippen LogP contribution in [0.15, 0.2) is 109 Å². The van der Waals surface area contributed by atoms with Gasteiger partial charge in [-0.15, -0.1) is 0 Å². The number of hydrogen-bond acceptors (Lipinski definition) is 4. The lowest BCUT2D eigenvalue weighted by Gasteiger charge is -2.34. The molecule has 0 radical (unpaired) electrons. The number of nitrogens with zero attached hydrogens (tertiary/aromatic N) is 1. The molecule has 8 heteroatoms. The van der Waals surface area contributed by atoms with Gasteiger partial charge in [0.2, 0.25) is 0 Å². The zero-order chi connectivity index (χ0) is 27.2. The van der Waals surface area contributed by atoms with E-state index < -0.39 is 0 Å². The van der Waals surface area contributed by atoms with E-state index >= 15 is 0 Å². The van der Waals surface area contributed by atoms with Crippen LogP contribution in [0.2, 0.25) is 0 Å². The minimum absolute atomic E-state index is 0.207. The fraction of sp³-hybridized carbons (Fsp3) is 0.0968. The minimum atomic E-state index is -0.319. The van der Waals surface area contributed by atoms with E-state index in [-0.39, 0.29) is 28.1 Å². The second-order valence-electron chi connectivity index (χ2n) is 9.05. The minimum Gasteiger partial charge on any atom is -0.360 e. The molecule has 1 heterocycles. The fourth-order valence-electron chi connectivity index (χ4n) is 4.70. The summed E-state index contributed by atoms with van der Waals surface area (Å²) >= 11 is 11.4. The first-order valence-corrected chi connectivity index (χ1v) is 13.3. The van der Waals surface area contributed by atoms with E-state index in [4.69, 9.17) is 24.4 Å². The molecule has 2 amide bonds. The molecule has 0 saturated carbocycles. The van der Waals surface area contributed by atoms with Gasteiger partial charge in [-0.3, -0.25) is 20.2 Å². The Morgan fingerprint density at radius 2 is 1.23 bits per heavy atom. The fourth-order valence-corrected chi connectivity index (χ4v) is 5.19. The third-order valence-electron chi connectivity index (χ3n) is 6.55. The predicted molar refractivity (Wildman–Crippen MR) is 162 cm³/mol. The number of rotatable bonds is 4. The number of anilines is 1. The van der Waals surface area contributed by atoms with Crippen molar-refractivity contribution in [3.8, 4) is 0 Å². The normalized spacial score (nSPS) is 13.7. The monoisotopic (exact) mass is 550 g/mol. The number of thiocarbonyl (C=S) groups is 2. The summed E-state index contributed by atoms with van der Waals surface area (Å²) in [6, 6.07) is 33.8. The molecule has 39 heavy (non-hydrogen) atoms. The number of amides is 2. The van der Waals surface area contributed by atoms with Gasteiger partial charge in [0.15, 0.2) is 10.2 Å². The molecule has 6 nitrogen and oxygen atoms in total. The van der Waals surface area contributed by atoms with Gasteiger partial charge in [-0.25, -0.2) is 0 Å². The third kappa shape index (κ3) is 6.03. The van der Waals surface area contributed by atoms with Gasteiger partial charge in [0.05, 0.1) is 6.04 Å². The summed E-state index contributed by atoms with van der Waals surface area (Å²) in [5.41, 5.74) is 5.22. The Hall–Kier alpha value is -4.40. The number of carbonyl (C=O) groups excluding carboxylic acids is 2. The van der Waals surface area contributed by atoms with E-state index in [1.54, 1.807) is 36.4 Å². The molecular formula is C31H26N4O2S2. The van der Waals surface area contributed by atoms with Crippen LogP contribution >= 0.6 is 24.4 Å². The van der Waals surface area contributed by atoms with Crippen LogP contribution in [0.3, 0.4) is 0 Å². The Morgan fingerprint density at radius 3 is 1.90 bits per heavy atom. The van der Waals surface area contributed by atoms with Crippen LogP contribution in [-0.4, -0.2) is 28.6 Å². The Balaban J connectivity index is 1.44. The summed E-state index contributed by atoms with van der Waals surface area (Å²) in [6.45, 7) is 0.334. The Bertz CT molecular complexity index is 1530. The number of nitrogens with one attached hydrogen (secondary N) is 3. The average molecular weight is 551 g/mol. The molecule has 0 aromatic heterocycles. The lowest BCUT2D eigenvalue weighted by Crippen LogP contribution is -2.49. The van der Waals surface area contributed by atoms with Crippen molar-refractivity contribution >= 4 is 52.2 Å². The summed E-state index contributed by atoms with van der Waals surface area (Å²) in [7, 11) is 0. The number of fused-ring (bicyclic) bond motifs is 2. The van der Waals surface area contributed by atoms with E-state index in [0.717, 1.165) is 22.4 Å². The van der Waals surface area contributed by atoms with Crippen molar-refractivity contribution in [3.63, 3.8) is 0 Å². The molecule has 1 aliphatic rings. The second kappa shape index (κ2) is 12.0. The largest absolute Gasteiger partial charge is 0.360 e. The Morgan fingerprint density at radius 1 is 0.692 bits per heavy atom. The maximum atomic E-state index is 13.1. The third-order valence-corrected chi connectivity index (χ3v) is 7.10. The molecule has 4 aromatic carbocycles. The molecule has 0 saturated heterocycles. The maximum Gasteiger partial charge on any atom is 0.257 e. The van der Waals surface area contributed by atoms with Gasteiger partial charge < -0.3 is 10.2 Å². The summed E-state index contributed by atoms with van der Waals surface area (Å²) in [5.74, 6) is -0.574. The van der Waals surface area contributed by atoms with Crippen LogP contribution in [0.25, 0.3) is 0 Å². The SMILES string of the molecule is O=C(NC(=S)NCC1c2ccccc2Cc2ccccc2N1C(=S)NC(=O)c1ccccc1)c1ccccc1. The van der Waals surface area contributed by atoms with Gasteiger partial charge in [0.1, 0.15) is 0 Å². The van der Waals surface area contributed by atoms with Crippen LogP contribution in [0.4, 0.5) is 5.69 Å². The first kappa shape index (κ1) is 26.2. The molecule has 194 valence electrons. The first-order valence-electron chi connectivity index (χ1n) is 12.5. The predicted octanol–water partition coefficient (Wildman–Crippen LogP) is 5.16. The van der Waals surface area contributed by atoms with E-state index in [0.29, 0.717) is 24.1 Å². The standard InChI is InChI=1S/C31H26N4O2S2/c36-28(21-11-3-1-4-12-21)33-30(38)32-20-27-25-17-9-7-15-23(25)19-24-16-8-10-18-26(24)35(27)31(39)34-29(37)22-13-5-2-6-14-22/h1-18,27H,19-20H2,(H,34,37,39)(H2,32,33,36,38). The summed E-state index contributed by atoms with van der Waals surface area (Å²) < 4.78 is 0. The van der Waals surface area contributed by atoms with Crippen molar-refractivity contribution in [2.24, 2.45) is 0 Å². The van der Waals surface area contributed by atoms with Gasteiger partial charge in [-0.2, -0.15) is 0 Å². The average Bonchev–Trinajstić information content (AvgIpc) is 3.11. The Kier molecular flexibility index (Phi) is 8.05. The van der Waals surface area contributed by atoms with Crippen molar-refractivity contribution in [2.75, 3.05) is 11.4 Å². The number of carbonyl (C=O) groups is 2. The molecule has 1 unspecified atom stereocenters. The molecule has 1 aliphatic heterocycles. The number of para-hydroxylation sites is 1. The molecular weight excluding hydrogens is 525 g/mol. The highest BCUT2D eigenvalue weighted by Gasteiger charge is 2.32. The van der Waals surface area contributed by atoms with Crippen LogP contribution in [0.1, 0.15) is 43.4 Å². The summed E-state index contributed by atoms with van der Waals surface area (Å²) in [4.78, 5) is 27.7. The van der Waals surface area contributed by atoms with E-state index in [1.165, 1.54) is 0 Å². The Labute approximate surface area is 238 Å². The zero-order valence-corrected chi connectivity index (χ0v) is 22.6.